The third kappa shape index (κ3) is 4.99. The van der Waals surface area contributed by atoms with Gasteiger partial charge < -0.3 is 19.3 Å². The highest BCUT2D eigenvalue weighted by Crippen LogP contribution is 2.30. The Kier molecular flexibility index (Phi) is 6.72. The molecule has 3 aliphatic heterocycles. The lowest BCUT2D eigenvalue weighted by Crippen LogP contribution is -2.45. The Labute approximate surface area is 183 Å². The van der Waals surface area contributed by atoms with Crippen LogP contribution in [0.5, 0.6) is 11.5 Å². The van der Waals surface area contributed by atoms with Crippen molar-refractivity contribution in [3.05, 3.63) is 23.8 Å². The first-order valence-corrected chi connectivity index (χ1v) is 11.1. The van der Waals surface area contributed by atoms with Gasteiger partial charge in [-0.2, -0.15) is 5.10 Å². The Morgan fingerprint density at radius 3 is 2.71 bits per heavy atom. The molecule has 4 rings (SSSR count). The molecule has 0 unspecified atom stereocenters. The number of imide groups is 1. The molecule has 0 N–H and O–H groups in total. The van der Waals surface area contributed by atoms with Crippen molar-refractivity contribution in [2.45, 2.75) is 19.8 Å². The number of hydrogen-bond donors (Lipinski definition) is 0. The van der Waals surface area contributed by atoms with Crippen molar-refractivity contribution >= 4 is 17.6 Å². The van der Waals surface area contributed by atoms with E-state index in [9.17, 15) is 9.59 Å². The number of urea groups is 1. The van der Waals surface area contributed by atoms with E-state index in [4.69, 9.17) is 9.47 Å². The Bertz CT molecular complexity index is 850. The number of hydrogen-bond acceptors (Lipinski definition) is 7. The van der Waals surface area contributed by atoms with E-state index in [0.29, 0.717) is 26.2 Å². The summed E-state index contributed by atoms with van der Waals surface area (Å²) >= 11 is 0. The van der Waals surface area contributed by atoms with Crippen LogP contribution in [-0.2, 0) is 4.79 Å². The second kappa shape index (κ2) is 9.65. The van der Waals surface area contributed by atoms with E-state index in [1.165, 1.54) is 9.91 Å². The van der Waals surface area contributed by atoms with Crippen LogP contribution in [0, 0.1) is 0 Å². The molecule has 0 radical (unpaired) electrons. The van der Waals surface area contributed by atoms with E-state index in [-0.39, 0.29) is 18.5 Å². The number of amides is 3. The Balaban J connectivity index is 1.39. The fourth-order valence-electron chi connectivity index (χ4n) is 4.11. The summed E-state index contributed by atoms with van der Waals surface area (Å²) < 4.78 is 11.3. The first-order valence-electron chi connectivity index (χ1n) is 11.1. The van der Waals surface area contributed by atoms with Crippen molar-refractivity contribution in [2.75, 3.05) is 66.1 Å². The average molecular weight is 430 g/mol. The summed E-state index contributed by atoms with van der Waals surface area (Å²) in [5.41, 5.74) is 1.55. The quantitative estimate of drug-likeness (QED) is 0.611. The summed E-state index contributed by atoms with van der Waals surface area (Å²) in [7, 11) is 2.13. The van der Waals surface area contributed by atoms with Gasteiger partial charge in [0.1, 0.15) is 18.0 Å². The second-order valence-electron chi connectivity index (χ2n) is 8.12. The molecule has 0 atom stereocenters. The van der Waals surface area contributed by atoms with Crippen molar-refractivity contribution in [3.8, 4) is 11.5 Å². The molecule has 3 aliphatic rings. The number of fused-ring (bicyclic) bond motifs is 1. The first-order chi connectivity index (χ1) is 15.0. The van der Waals surface area contributed by atoms with Gasteiger partial charge in [0.2, 0.25) is 0 Å². The first kappa shape index (κ1) is 21.6. The summed E-state index contributed by atoms with van der Waals surface area (Å²) in [5.74, 6) is 1.26. The zero-order chi connectivity index (χ0) is 21.8. The fraction of sp³-hybridized carbons (Fsp3) is 0.591. The van der Waals surface area contributed by atoms with Gasteiger partial charge in [-0.05, 0) is 45.1 Å². The van der Waals surface area contributed by atoms with Gasteiger partial charge >= 0.3 is 6.03 Å². The predicted molar refractivity (Wildman–Crippen MR) is 117 cm³/mol. The topological polar surface area (TPSA) is 77.9 Å². The van der Waals surface area contributed by atoms with Gasteiger partial charge in [0.25, 0.3) is 5.91 Å². The van der Waals surface area contributed by atoms with Gasteiger partial charge in [-0.1, -0.05) is 0 Å². The van der Waals surface area contributed by atoms with Crippen LogP contribution in [0.15, 0.2) is 23.3 Å². The van der Waals surface area contributed by atoms with Gasteiger partial charge in [-0.25, -0.2) is 9.80 Å². The van der Waals surface area contributed by atoms with E-state index in [2.05, 4.69) is 21.9 Å². The molecule has 3 heterocycles. The summed E-state index contributed by atoms with van der Waals surface area (Å²) in [6.45, 7) is 8.47. The smallest absolute Gasteiger partial charge is 0.347 e. The van der Waals surface area contributed by atoms with Crippen molar-refractivity contribution < 1.29 is 19.1 Å². The van der Waals surface area contributed by atoms with Gasteiger partial charge in [0.05, 0.1) is 18.9 Å². The lowest BCUT2D eigenvalue weighted by molar-refractivity contribution is -0.125. The minimum absolute atomic E-state index is 0.0157. The number of piperazine rings is 1. The van der Waals surface area contributed by atoms with Gasteiger partial charge in [0, 0.05) is 44.7 Å². The summed E-state index contributed by atoms with van der Waals surface area (Å²) in [6.07, 6.45) is 1.35. The van der Waals surface area contributed by atoms with Crippen LogP contribution in [0.1, 0.15) is 25.3 Å². The predicted octanol–water partition coefficient (Wildman–Crippen LogP) is 1.47. The number of carbonyl (C=O) groups excluding carboxylic acids is 2. The molecule has 2 fully saturated rings. The van der Waals surface area contributed by atoms with Crippen LogP contribution < -0.4 is 9.47 Å². The van der Waals surface area contributed by atoms with Crippen LogP contribution in [0.3, 0.4) is 0 Å². The maximum absolute atomic E-state index is 12.8. The van der Waals surface area contributed by atoms with Crippen molar-refractivity contribution in [3.63, 3.8) is 0 Å². The molecule has 9 nitrogen and oxygen atoms in total. The zero-order valence-corrected chi connectivity index (χ0v) is 18.4. The maximum Gasteiger partial charge on any atom is 0.347 e. The lowest BCUT2D eigenvalue weighted by Gasteiger charge is -2.32. The Hall–Kier alpha value is -2.65. The zero-order valence-electron chi connectivity index (χ0n) is 18.4. The monoisotopic (exact) mass is 429 g/mol. The average Bonchev–Trinajstić information content (AvgIpc) is 3.03. The molecule has 1 aromatic rings. The number of ether oxygens (including phenoxy) is 2. The maximum atomic E-state index is 12.8. The number of carbonyl (C=O) groups is 2. The van der Waals surface area contributed by atoms with E-state index >= 15 is 0 Å². The van der Waals surface area contributed by atoms with Gasteiger partial charge in [0.15, 0.2) is 0 Å². The number of nitrogens with zero attached hydrogens (tertiary/aromatic N) is 5. The highest BCUT2D eigenvalue weighted by atomic mass is 16.5. The summed E-state index contributed by atoms with van der Waals surface area (Å²) in [4.78, 5) is 31.3. The molecule has 3 amide bonds. The normalized spacial score (nSPS) is 21.5. The van der Waals surface area contributed by atoms with Crippen molar-refractivity contribution in [1.82, 2.24) is 19.7 Å². The molecule has 0 spiro atoms. The fourth-order valence-corrected chi connectivity index (χ4v) is 4.11. The minimum atomic E-state index is -0.343. The molecule has 0 bridgehead atoms. The Morgan fingerprint density at radius 1 is 1.13 bits per heavy atom. The van der Waals surface area contributed by atoms with Crippen LogP contribution in [0.25, 0.3) is 0 Å². The number of hydrazone groups is 1. The Morgan fingerprint density at radius 2 is 1.94 bits per heavy atom. The lowest BCUT2D eigenvalue weighted by atomic mass is 10.0. The van der Waals surface area contributed by atoms with E-state index < -0.39 is 0 Å². The third-order valence-corrected chi connectivity index (χ3v) is 5.90. The van der Waals surface area contributed by atoms with Crippen LogP contribution in [0.4, 0.5) is 4.79 Å². The molecule has 0 aliphatic carbocycles. The molecule has 0 aromatic heterocycles. The minimum Gasteiger partial charge on any atom is -0.494 e. The van der Waals surface area contributed by atoms with E-state index in [1.807, 2.05) is 25.1 Å². The molecule has 9 heteroatoms. The highest BCUT2D eigenvalue weighted by molar-refractivity contribution is 6.06. The SMILES string of the molecule is CCOc1ccc2c(c1)/C(=N/N1CC(=O)N(CCCN3CCN(C)CC3)C1=O)CCO2. The van der Waals surface area contributed by atoms with Crippen LogP contribution in [0.2, 0.25) is 0 Å². The second-order valence-corrected chi connectivity index (χ2v) is 8.12. The molecular weight excluding hydrogens is 398 g/mol. The molecule has 0 saturated carbocycles. The van der Waals surface area contributed by atoms with Crippen molar-refractivity contribution in [1.29, 1.82) is 0 Å². The third-order valence-electron chi connectivity index (χ3n) is 5.90. The number of benzene rings is 1. The molecule has 168 valence electrons. The van der Waals surface area contributed by atoms with E-state index in [0.717, 1.165) is 61.9 Å². The van der Waals surface area contributed by atoms with Crippen molar-refractivity contribution in [2.24, 2.45) is 5.10 Å². The number of likely N-dealkylation sites (N-methyl/N-ethyl adjacent to an activating group) is 1. The largest absolute Gasteiger partial charge is 0.494 e. The van der Waals surface area contributed by atoms with Crippen LogP contribution in [-0.4, -0.2) is 103 Å². The molecule has 31 heavy (non-hydrogen) atoms. The summed E-state index contributed by atoms with van der Waals surface area (Å²) in [5, 5.41) is 5.84. The number of rotatable bonds is 7. The summed E-state index contributed by atoms with van der Waals surface area (Å²) in [6, 6.07) is 5.26. The van der Waals surface area contributed by atoms with Crippen LogP contribution >= 0.6 is 0 Å². The highest BCUT2D eigenvalue weighted by Gasteiger charge is 2.36. The standard InChI is InChI=1S/C22H31N5O4/c1-3-30-17-5-6-20-18(15-17)19(7-14-31-20)23-27-16-21(28)26(22(27)29)9-4-8-25-12-10-24(2)11-13-25/h5-6,15H,3-4,7-14,16H2,1-2H3/b23-19+. The van der Waals surface area contributed by atoms with E-state index in [1.54, 1.807) is 0 Å². The molecule has 2 saturated heterocycles. The molecular formula is C22H31N5O4. The van der Waals surface area contributed by atoms with Gasteiger partial charge in [-0.3, -0.25) is 9.69 Å². The van der Waals surface area contributed by atoms with Gasteiger partial charge in [-0.15, -0.1) is 0 Å². The molecule has 1 aromatic carbocycles.